The molecule has 3 aliphatic carbocycles. The van der Waals surface area contributed by atoms with Gasteiger partial charge in [0.15, 0.2) is 0 Å². The molecule has 83 heavy (non-hydrogen) atoms. The standard InChI is InChI=1S/C77H85BN4S/c1-46-39-53-54(73(10,11)38-37-72(53,8)9)45-61(46)79-62-42-49(81-59-31-27-47(70(2,3)4)40-55(59)74(12)33-18-20-35-76(74,81)14)29-30-57(62)78-58-25-22-24-52-67(58)80(68-51-23-16-17-26-65(51)83-69(52)68)64-44-50(43-63(79)66(64)78)82-60-32-28-48(71(5,6)7)41-56(60)75(13)34-19-21-36-77(75,82)15/h16-17,22-32,39-45H,18-21,33-38H2,1-15H3. The Morgan fingerprint density at radius 1 is 0.446 bits per heavy atom. The summed E-state index contributed by atoms with van der Waals surface area (Å²) in [6.07, 6.45) is 12.0. The third kappa shape index (κ3) is 6.66. The highest BCUT2D eigenvalue weighted by atomic mass is 32.1. The smallest absolute Gasteiger partial charge is 0.252 e. The lowest BCUT2D eigenvalue weighted by atomic mass is 9.33. The van der Waals surface area contributed by atoms with Crippen LogP contribution < -0.4 is 31.1 Å². The Hall–Kier alpha value is -6.24. The monoisotopic (exact) mass is 1110 g/mol. The van der Waals surface area contributed by atoms with Crippen molar-refractivity contribution in [2.75, 3.05) is 14.7 Å². The van der Waals surface area contributed by atoms with E-state index in [0.29, 0.717) is 0 Å². The number of hydrogen-bond donors (Lipinski definition) is 0. The SMILES string of the molecule is Cc1cc2c(cc1N1c3cc(N4c5ccc(C(C)(C)C)cc5C5(C)CCCCC45C)ccc3B3c4c1cc(N1c5ccc(C(C)(C)C)cc5C5(C)CCCCC15C)cc4-n1c4c3cccc4c3sc4ccccc4c31)C(C)(C)CCC2(C)C. The van der Waals surface area contributed by atoms with E-state index in [2.05, 4.69) is 244 Å². The summed E-state index contributed by atoms with van der Waals surface area (Å²) in [6.45, 7) is 37.3. The van der Waals surface area contributed by atoms with Gasteiger partial charge in [0, 0.05) is 71.8 Å². The first-order valence-electron chi connectivity index (χ1n) is 31.9. The number of fused-ring (bicyclic) bond motifs is 16. The van der Waals surface area contributed by atoms with Crippen molar-refractivity contribution in [3.05, 3.63) is 160 Å². The van der Waals surface area contributed by atoms with Crippen LogP contribution >= 0.6 is 11.3 Å². The first-order chi connectivity index (χ1) is 39.3. The summed E-state index contributed by atoms with van der Waals surface area (Å²) in [5.41, 5.74) is 27.8. The fourth-order valence-electron chi connectivity index (χ4n) is 18.6. The zero-order chi connectivity index (χ0) is 57.7. The van der Waals surface area contributed by atoms with Crippen molar-refractivity contribution < 1.29 is 0 Å². The quantitative estimate of drug-likeness (QED) is 0.164. The molecule has 7 aliphatic rings. The zero-order valence-corrected chi connectivity index (χ0v) is 53.2. The summed E-state index contributed by atoms with van der Waals surface area (Å²) < 4.78 is 5.51. The van der Waals surface area contributed by atoms with Crippen LogP contribution in [0.15, 0.2) is 121 Å². The number of nitrogens with zero attached hydrogens (tertiary/aromatic N) is 4. The van der Waals surface area contributed by atoms with Crippen LogP contribution in [0.2, 0.25) is 0 Å². The van der Waals surface area contributed by atoms with Crippen molar-refractivity contribution in [1.29, 1.82) is 0 Å². The second-order valence-corrected chi connectivity index (χ2v) is 32.5. The average Bonchev–Trinajstić information content (AvgIpc) is 1.68. The van der Waals surface area contributed by atoms with E-state index in [0.717, 1.165) is 12.8 Å². The Labute approximate surface area is 499 Å². The van der Waals surface area contributed by atoms with Crippen molar-refractivity contribution in [2.45, 2.75) is 212 Å². The molecule has 422 valence electrons. The molecule has 0 saturated heterocycles. The first kappa shape index (κ1) is 52.3. The summed E-state index contributed by atoms with van der Waals surface area (Å²) in [6, 6.07) is 50.2. The molecule has 6 heterocycles. The molecule has 6 heteroatoms. The third-order valence-corrected chi connectivity index (χ3v) is 25.2. The minimum atomic E-state index is -0.145. The molecular weight excluding hydrogens is 1020 g/mol. The van der Waals surface area contributed by atoms with Crippen LogP contribution in [-0.2, 0) is 32.5 Å². The Balaban J connectivity index is 1.04. The van der Waals surface area contributed by atoms with Gasteiger partial charge < -0.3 is 19.3 Å². The molecule has 4 nitrogen and oxygen atoms in total. The largest absolute Gasteiger partial charge is 0.334 e. The molecule has 0 spiro atoms. The Kier molecular flexibility index (Phi) is 10.5. The molecule has 0 bridgehead atoms. The lowest BCUT2D eigenvalue weighted by Crippen LogP contribution is -2.61. The molecule has 2 fully saturated rings. The minimum absolute atomic E-state index is 0.00610. The maximum Gasteiger partial charge on any atom is 0.252 e. The summed E-state index contributed by atoms with van der Waals surface area (Å²) >= 11 is 1.98. The van der Waals surface area contributed by atoms with Gasteiger partial charge in [-0.3, -0.25) is 0 Å². The molecule has 0 N–H and O–H groups in total. The maximum absolute atomic E-state index is 2.89. The predicted octanol–water partition coefficient (Wildman–Crippen LogP) is 19.3. The number of rotatable bonds is 3. The highest BCUT2D eigenvalue weighted by Crippen LogP contribution is 2.64. The first-order valence-corrected chi connectivity index (χ1v) is 32.7. The minimum Gasteiger partial charge on any atom is -0.334 e. The number of thiophene rings is 1. The van der Waals surface area contributed by atoms with Crippen molar-refractivity contribution in [3.63, 3.8) is 0 Å². The van der Waals surface area contributed by atoms with E-state index in [4.69, 9.17) is 0 Å². The summed E-state index contributed by atoms with van der Waals surface area (Å²) in [5, 5.41) is 2.71. The van der Waals surface area contributed by atoms with Crippen LogP contribution in [0.4, 0.5) is 39.8 Å². The molecule has 16 rings (SSSR count). The number of aromatic nitrogens is 1. The Morgan fingerprint density at radius 2 is 1.00 bits per heavy atom. The molecule has 4 aliphatic heterocycles. The van der Waals surface area contributed by atoms with Gasteiger partial charge in [0.2, 0.25) is 0 Å². The summed E-state index contributed by atoms with van der Waals surface area (Å²) in [7, 11) is 0. The topological polar surface area (TPSA) is 14.7 Å². The van der Waals surface area contributed by atoms with Crippen LogP contribution in [-0.4, -0.2) is 22.4 Å². The fraction of sp³-hybridized carbons (Fsp3) is 0.429. The predicted molar refractivity (Wildman–Crippen MR) is 359 cm³/mol. The van der Waals surface area contributed by atoms with Gasteiger partial charge in [-0.1, -0.05) is 182 Å². The van der Waals surface area contributed by atoms with Crippen molar-refractivity contribution in [1.82, 2.24) is 4.57 Å². The highest BCUT2D eigenvalue weighted by molar-refractivity contribution is 7.26. The van der Waals surface area contributed by atoms with Crippen LogP contribution in [0.3, 0.4) is 0 Å². The Bertz CT molecular complexity index is 4330. The van der Waals surface area contributed by atoms with Gasteiger partial charge in [-0.2, -0.15) is 0 Å². The van der Waals surface area contributed by atoms with Crippen LogP contribution in [0.5, 0.6) is 0 Å². The van der Waals surface area contributed by atoms with E-state index in [1.807, 2.05) is 11.3 Å². The number of anilines is 7. The molecule has 2 saturated carbocycles. The van der Waals surface area contributed by atoms with Gasteiger partial charge in [-0.15, -0.1) is 11.3 Å². The lowest BCUT2D eigenvalue weighted by Gasteiger charge is -2.51. The van der Waals surface area contributed by atoms with Gasteiger partial charge in [0.1, 0.15) is 0 Å². The number of aryl methyl sites for hydroxylation is 1. The van der Waals surface area contributed by atoms with Crippen molar-refractivity contribution >= 4 is 105 Å². The fourth-order valence-corrected chi connectivity index (χ4v) is 19.8. The molecule has 7 aromatic carbocycles. The van der Waals surface area contributed by atoms with Crippen molar-refractivity contribution in [2.24, 2.45) is 0 Å². The number of para-hydroxylation sites is 1. The zero-order valence-electron chi connectivity index (χ0n) is 52.4. The van der Waals surface area contributed by atoms with Gasteiger partial charge >= 0.3 is 0 Å². The molecule has 2 aromatic heterocycles. The summed E-state index contributed by atoms with van der Waals surface area (Å²) in [5.74, 6) is 0. The maximum atomic E-state index is 2.89. The van der Waals surface area contributed by atoms with E-state index in [9.17, 15) is 0 Å². The van der Waals surface area contributed by atoms with Gasteiger partial charge in [-0.25, -0.2) is 0 Å². The van der Waals surface area contributed by atoms with Crippen LogP contribution in [0, 0.1) is 6.92 Å². The molecular formula is C77H85BN4S. The van der Waals surface area contributed by atoms with Gasteiger partial charge in [0.05, 0.1) is 26.8 Å². The molecule has 4 unspecified atom stereocenters. The van der Waals surface area contributed by atoms with Crippen LogP contribution in [0.25, 0.3) is 36.9 Å². The Morgan fingerprint density at radius 3 is 1.63 bits per heavy atom. The third-order valence-electron chi connectivity index (χ3n) is 24.0. The van der Waals surface area contributed by atoms with Gasteiger partial charge in [0.25, 0.3) is 6.71 Å². The van der Waals surface area contributed by atoms with E-state index in [1.165, 1.54) is 183 Å². The van der Waals surface area contributed by atoms with E-state index in [1.54, 1.807) is 0 Å². The van der Waals surface area contributed by atoms with Crippen molar-refractivity contribution in [3.8, 4) is 5.69 Å². The normalized spacial score (nSPS) is 25.3. The number of hydrogen-bond acceptors (Lipinski definition) is 4. The lowest BCUT2D eigenvalue weighted by molar-refractivity contribution is 0.195. The average molecular weight is 1110 g/mol. The molecule has 4 atom stereocenters. The second kappa shape index (κ2) is 16.6. The highest BCUT2D eigenvalue weighted by Gasteiger charge is 2.60. The van der Waals surface area contributed by atoms with E-state index < -0.39 is 0 Å². The van der Waals surface area contributed by atoms with E-state index >= 15 is 0 Å². The number of benzene rings is 7. The van der Waals surface area contributed by atoms with E-state index in [-0.39, 0.29) is 50.3 Å². The van der Waals surface area contributed by atoms with Gasteiger partial charge in [-0.05, 0) is 185 Å². The van der Waals surface area contributed by atoms with Crippen LogP contribution in [0.1, 0.15) is 200 Å². The molecule has 9 aromatic rings. The second-order valence-electron chi connectivity index (χ2n) is 31.5. The summed E-state index contributed by atoms with van der Waals surface area (Å²) in [4.78, 5) is 8.56. The molecule has 0 radical (unpaired) electrons. The molecule has 0 amide bonds.